The van der Waals surface area contributed by atoms with Crippen molar-refractivity contribution in [3.05, 3.63) is 200 Å². The van der Waals surface area contributed by atoms with Crippen molar-refractivity contribution < 1.29 is 9.15 Å². The standard InChI is InChI=1S/C63H52N2O2/c1-6-63(5,7-2)45-37-52(41-17-9-8-10-18-41)62(66-40(3)4)53(38-45)42-25-29-46(30-26-42)64-58-24-16-13-21-50(58)54-35-43(27-33-59(54)64)44-28-34-60-55(36-44)51-32-31-47(39-61(51)67-60)65-56-22-14-11-19-48(56)49-20-12-15-23-57(49)65/h8-40H,6-7H2,1-5H3. The molecule has 4 nitrogen and oxygen atoms in total. The Kier molecular flexibility index (Phi) is 9.69. The summed E-state index contributed by atoms with van der Waals surface area (Å²) in [5.41, 5.74) is 17.0. The zero-order chi connectivity index (χ0) is 45.4. The molecule has 0 radical (unpaired) electrons. The molecule has 3 aromatic heterocycles. The van der Waals surface area contributed by atoms with E-state index < -0.39 is 0 Å². The van der Waals surface area contributed by atoms with Crippen LogP contribution in [0.2, 0.25) is 0 Å². The molecule has 326 valence electrons. The Morgan fingerprint density at radius 1 is 0.433 bits per heavy atom. The van der Waals surface area contributed by atoms with Crippen LogP contribution in [0.1, 0.15) is 53.0 Å². The van der Waals surface area contributed by atoms with Crippen molar-refractivity contribution in [2.45, 2.75) is 59.0 Å². The molecule has 0 spiro atoms. The zero-order valence-electron chi connectivity index (χ0n) is 38.7. The van der Waals surface area contributed by atoms with Crippen molar-refractivity contribution in [2.24, 2.45) is 0 Å². The maximum Gasteiger partial charge on any atom is 0.137 e. The molecule has 4 heteroatoms. The Balaban J connectivity index is 0.937. The number of benzene rings is 9. The lowest BCUT2D eigenvalue weighted by Gasteiger charge is -2.30. The van der Waals surface area contributed by atoms with Gasteiger partial charge in [0.25, 0.3) is 0 Å². The average molecular weight is 869 g/mol. The summed E-state index contributed by atoms with van der Waals surface area (Å²) in [7, 11) is 0. The van der Waals surface area contributed by atoms with Crippen LogP contribution in [0.5, 0.6) is 5.75 Å². The van der Waals surface area contributed by atoms with E-state index in [9.17, 15) is 0 Å². The number of ether oxygens (including phenoxy) is 1. The highest BCUT2D eigenvalue weighted by Crippen LogP contribution is 2.46. The molecule has 0 N–H and O–H groups in total. The molecule has 67 heavy (non-hydrogen) atoms. The molecule has 0 amide bonds. The Labute approximate surface area is 391 Å². The first-order valence-corrected chi connectivity index (χ1v) is 23.8. The van der Waals surface area contributed by atoms with Gasteiger partial charge in [0.15, 0.2) is 0 Å². The van der Waals surface area contributed by atoms with Gasteiger partial charge in [-0.1, -0.05) is 130 Å². The lowest BCUT2D eigenvalue weighted by atomic mass is 9.76. The van der Waals surface area contributed by atoms with Gasteiger partial charge in [0.05, 0.1) is 28.2 Å². The third-order valence-corrected chi connectivity index (χ3v) is 14.5. The predicted octanol–water partition coefficient (Wildman–Crippen LogP) is 17.6. The summed E-state index contributed by atoms with van der Waals surface area (Å²) in [5.74, 6) is 0.933. The van der Waals surface area contributed by atoms with E-state index in [2.05, 4.69) is 238 Å². The molecule has 3 heterocycles. The monoisotopic (exact) mass is 868 g/mol. The SMILES string of the molecule is CCC(C)(CC)c1cc(-c2ccccc2)c(OC(C)C)c(-c2ccc(-n3c4ccccc4c4cc(-c5ccc6oc7cc(-n8c9ccccc9c9ccccc98)ccc7c6c5)ccc43)cc2)c1. The van der Waals surface area contributed by atoms with E-state index in [1.807, 2.05) is 0 Å². The second-order valence-corrected chi connectivity index (χ2v) is 18.7. The zero-order valence-corrected chi connectivity index (χ0v) is 38.7. The number of hydrogen-bond acceptors (Lipinski definition) is 2. The van der Waals surface area contributed by atoms with Gasteiger partial charge >= 0.3 is 0 Å². The smallest absolute Gasteiger partial charge is 0.137 e. The first-order valence-electron chi connectivity index (χ1n) is 23.8. The molecule has 0 bridgehead atoms. The Morgan fingerprint density at radius 2 is 0.925 bits per heavy atom. The summed E-state index contributed by atoms with van der Waals surface area (Å²) in [6.45, 7) is 11.2. The summed E-state index contributed by atoms with van der Waals surface area (Å²) in [4.78, 5) is 0. The maximum atomic E-state index is 6.76. The van der Waals surface area contributed by atoms with Crippen molar-refractivity contribution in [3.8, 4) is 50.5 Å². The van der Waals surface area contributed by atoms with Crippen LogP contribution in [-0.2, 0) is 5.41 Å². The van der Waals surface area contributed by atoms with Gasteiger partial charge in [-0.2, -0.15) is 0 Å². The fraction of sp³-hybridized carbons (Fsp3) is 0.143. The average Bonchev–Trinajstić information content (AvgIpc) is 4.03. The molecule has 0 atom stereocenters. The number of furan rings is 1. The molecule has 0 aliphatic carbocycles. The van der Waals surface area contributed by atoms with E-state index >= 15 is 0 Å². The van der Waals surface area contributed by atoms with Crippen molar-refractivity contribution in [3.63, 3.8) is 0 Å². The third-order valence-electron chi connectivity index (χ3n) is 14.5. The lowest BCUT2D eigenvalue weighted by Crippen LogP contribution is -2.20. The number of fused-ring (bicyclic) bond motifs is 9. The summed E-state index contributed by atoms with van der Waals surface area (Å²) in [6, 6.07) is 70.8. The van der Waals surface area contributed by atoms with E-state index in [1.165, 1.54) is 60.3 Å². The summed E-state index contributed by atoms with van der Waals surface area (Å²) in [5, 5.41) is 7.16. The largest absolute Gasteiger partial charge is 0.490 e. The second kappa shape index (κ2) is 16.0. The van der Waals surface area contributed by atoms with Crippen molar-refractivity contribution in [2.75, 3.05) is 0 Å². The summed E-state index contributed by atoms with van der Waals surface area (Å²) >= 11 is 0. The molecule has 0 aliphatic heterocycles. The fourth-order valence-corrected chi connectivity index (χ4v) is 10.6. The number of nitrogens with zero attached hydrogens (tertiary/aromatic N) is 2. The molecule has 0 saturated carbocycles. The molecular weight excluding hydrogens is 817 g/mol. The van der Waals surface area contributed by atoms with E-state index in [-0.39, 0.29) is 11.5 Å². The van der Waals surface area contributed by atoms with Gasteiger partial charge in [0.1, 0.15) is 16.9 Å². The van der Waals surface area contributed by atoms with Crippen LogP contribution in [0.3, 0.4) is 0 Å². The van der Waals surface area contributed by atoms with Crippen LogP contribution >= 0.6 is 0 Å². The molecule has 0 saturated heterocycles. The van der Waals surface area contributed by atoms with Crippen LogP contribution in [0.15, 0.2) is 199 Å². The molecule has 12 aromatic rings. The maximum absolute atomic E-state index is 6.76. The van der Waals surface area contributed by atoms with Crippen molar-refractivity contribution in [1.29, 1.82) is 0 Å². The Morgan fingerprint density at radius 3 is 1.54 bits per heavy atom. The highest BCUT2D eigenvalue weighted by molar-refractivity contribution is 6.12. The fourth-order valence-electron chi connectivity index (χ4n) is 10.6. The first-order chi connectivity index (χ1) is 32.8. The van der Waals surface area contributed by atoms with E-state index in [0.717, 1.165) is 74.2 Å². The van der Waals surface area contributed by atoms with E-state index in [0.29, 0.717) is 0 Å². The number of aromatic nitrogens is 2. The van der Waals surface area contributed by atoms with Gasteiger partial charge < -0.3 is 18.3 Å². The van der Waals surface area contributed by atoms with Crippen LogP contribution in [0.4, 0.5) is 0 Å². The minimum Gasteiger partial charge on any atom is -0.490 e. The van der Waals surface area contributed by atoms with E-state index in [4.69, 9.17) is 9.15 Å². The van der Waals surface area contributed by atoms with Gasteiger partial charge in [-0.15, -0.1) is 0 Å². The second-order valence-electron chi connectivity index (χ2n) is 18.7. The molecule has 0 fully saturated rings. The first kappa shape index (κ1) is 40.7. The van der Waals surface area contributed by atoms with Crippen LogP contribution in [0.25, 0.3) is 110 Å². The summed E-state index contributed by atoms with van der Waals surface area (Å²) in [6.07, 6.45) is 2.12. The third kappa shape index (κ3) is 6.65. The van der Waals surface area contributed by atoms with Crippen LogP contribution < -0.4 is 4.74 Å². The number of para-hydroxylation sites is 3. The normalized spacial score (nSPS) is 12.2. The molecule has 0 aliphatic rings. The number of hydrogen-bond donors (Lipinski definition) is 0. The van der Waals surface area contributed by atoms with Gasteiger partial charge in [-0.3, -0.25) is 0 Å². The van der Waals surface area contributed by atoms with Gasteiger partial charge in [-0.25, -0.2) is 0 Å². The highest BCUT2D eigenvalue weighted by atomic mass is 16.5. The quantitative estimate of drug-likeness (QED) is 0.137. The van der Waals surface area contributed by atoms with Gasteiger partial charge in [0.2, 0.25) is 0 Å². The van der Waals surface area contributed by atoms with Crippen molar-refractivity contribution >= 4 is 65.6 Å². The van der Waals surface area contributed by atoms with Gasteiger partial charge in [-0.05, 0) is 139 Å². The minimum absolute atomic E-state index is 0.0184. The molecule has 0 unspecified atom stereocenters. The minimum atomic E-state index is 0.0184. The lowest BCUT2D eigenvalue weighted by molar-refractivity contribution is 0.244. The molecule has 9 aromatic carbocycles. The number of rotatable bonds is 10. The summed E-state index contributed by atoms with van der Waals surface area (Å²) < 4.78 is 18.1. The van der Waals surface area contributed by atoms with Crippen LogP contribution in [0, 0.1) is 0 Å². The Hall–Kier alpha value is -7.82. The topological polar surface area (TPSA) is 32.2 Å². The molecule has 12 rings (SSSR count). The van der Waals surface area contributed by atoms with Gasteiger partial charge in [0, 0.05) is 60.9 Å². The predicted molar refractivity (Wildman–Crippen MR) is 282 cm³/mol. The Bertz CT molecular complexity index is 3790. The molecular formula is C63H52N2O2. The highest BCUT2D eigenvalue weighted by Gasteiger charge is 2.27. The van der Waals surface area contributed by atoms with E-state index in [1.54, 1.807) is 0 Å². The van der Waals surface area contributed by atoms with Crippen molar-refractivity contribution in [1.82, 2.24) is 9.13 Å². The van der Waals surface area contributed by atoms with Crippen LogP contribution in [-0.4, -0.2) is 15.2 Å².